The van der Waals surface area contributed by atoms with Crippen molar-refractivity contribution >= 4 is 34.9 Å². The normalized spacial score (nSPS) is 40.1. The summed E-state index contributed by atoms with van der Waals surface area (Å²) >= 11 is 12.1. The van der Waals surface area contributed by atoms with Crippen molar-refractivity contribution in [1.29, 1.82) is 0 Å². The van der Waals surface area contributed by atoms with E-state index in [1.807, 2.05) is 0 Å². The van der Waals surface area contributed by atoms with Gasteiger partial charge in [0.1, 0.15) is 0 Å². The maximum atomic E-state index is 11.1. The van der Waals surface area contributed by atoms with Crippen LogP contribution in [-0.2, 0) is 0 Å². The molecule has 1 heterocycles. The third kappa shape index (κ3) is 5.18. The van der Waals surface area contributed by atoms with Gasteiger partial charge in [0.2, 0.25) is 0 Å². The van der Waals surface area contributed by atoms with Crippen LogP contribution in [0.3, 0.4) is 0 Å². The number of halogens is 2. The molecule has 2 fully saturated rings. The quantitative estimate of drug-likeness (QED) is 0.775. The molecular formula is C19H28Cl2N4O. The van der Waals surface area contributed by atoms with Crippen LogP contribution in [0.15, 0.2) is 18.1 Å². The van der Waals surface area contributed by atoms with E-state index in [9.17, 15) is 4.79 Å². The molecule has 0 unspecified atom stereocenters. The molecule has 7 heteroatoms. The first-order valence-corrected chi connectivity index (χ1v) is 8.90. The largest absolute Gasteiger partial charge is 0.368 e. The maximum Gasteiger partial charge on any atom is 0.312 e. The van der Waals surface area contributed by atoms with Gasteiger partial charge in [-0.15, -0.1) is 0 Å². The number of nitrogens with two attached hydrogens (primary N) is 1. The molecule has 2 aliphatic rings. The maximum absolute atomic E-state index is 11.1. The number of hydrogen-bond donors (Lipinski definition) is 2. The van der Waals surface area contributed by atoms with Crippen molar-refractivity contribution in [2.75, 3.05) is 37.4 Å². The fraction of sp³-hybridized carbons (Fsp3) is 0.632. The second kappa shape index (κ2) is 9.16. The molecule has 0 atom stereocenters. The fourth-order valence-electron chi connectivity index (χ4n) is 2.89. The van der Waals surface area contributed by atoms with Gasteiger partial charge >= 0.3 is 6.03 Å². The zero-order valence-electron chi connectivity index (χ0n) is 26.8. The Morgan fingerprint density at radius 2 is 1.96 bits per heavy atom. The lowest BCUT2D eigenvalue weighted by atomic mass is 9.84. The molecule has 26 heavy (non-hydrogen) atoms. The molecule has 2 amide bonds. The van der Waals surface area contributed by atoms with Crippen LogP contribution >= 0.6 is 23.2 Å². The summed E-state index contributed by atoms with van der Waals surface area (Å²) in [4.78, 5) is 11.0. The average molecular weight is 412 g/mol. The molecule has 1 aromatic rings. The highest BCUT2D eigenvalue weighted by atomic mass is 35.5. The predicted molar refractivity (Wildman–Crippen MR) is 108 cm³/mol. The fourth-order valence-corrected chi connectivity index (χ4v) is 3.21. The molecule has 0 spiro atoms. The molecule has 0 bridgehead atoms. The van der Waals surface area contributed by atoms with Gasteiger partial charge in [-0.25, -0.2) is 4.79 Å². The number of carbonyl (C=O) groups is 1. The van der Waals surface area contributed by atoms with E-state index in [0.29, 0.717) is 25.7 Å². The number of hydrogen-bond acceptors (Lipinski definition) is 3. The third-order valence-electron chi connectivity index (χ3n) is 4.26. The summed E-state index contributed by atoms with van der Waals surface area (Å²) in [6.45, 7) is -17.2. The van der Waals surface area contributed by atoms with E-state index in [0.717, 1.165) is 0 Å². The van der Waals surface area contributed by atoms with Gasteiger partial charge in [0.05, 0.1) is 25.3 Å². The second-order valence-electron chi connectivity index (χ2n) is 6.06. The van der Waals surface area contributed by atoms with Crippen LogP contribution in [0.5, 0.6) is 0 Å². The lowest BCUT2D eigenvalue weighted by Gasteiger charge is -2.37. The Balaban J connectivity index is 2.08. The van der Waals surface area contributed by atoms with E-state index in [1.54, 1.807) is 0 Å². The number of carbonyl (C=O) groups excluding carboxylic acids is 1. The smallest absolute Gasteiger partial charge is 0.312 e. The Hall–Kier alpha value is -1.17. The van der Waals surface area contributed by atoms with E-state index >= 15 is 0 Å². The summed E-state index contributed by atoms with van der Waals surface area (Å²) in [5, 5.41) is 1.18. The zero-order chi connectivity index (χ0) is 30.1. The highest BCUT2D eigenvalue weighted by Gasteiger charge is 2.24. The van der Waals surface area contributed by atoms with Crippen LogP contribution in [0.1, 0.15) is 49.9 Å². The minimum Gasteiger partial charge on any atom is -0.368 e. The van der Waals surface area contributed by atoms with Crippen molar-refractivity contribution < 1.29 is 22.6 Å². The number of urea groups is 1. The van der Waals surface area contributed by atoms with Crippen molar-refractivity contribution in [3.63, 3.8) is 0 Å². The summed E-state index contributed by atoms with van der Waals surface area (Å²) in [7, 11) is 0. The summed E-state index contributed by atoms with van der Waals surface area (Å²) in [6, 6.07) is -3.50. The van der Waals surface area contributed by atoms with Crippen molar-refractivity contribution in [3.05, 3.63) is 28.2 Å². The van der Waals surface area contributed by atoms with Gasteiger partial charge < -0.3 is 16.0 Å². The Morgan fingerprint density at radius 3 is 2.62 bits per heavy atom. The molecule has 1 aliphatic heterocycles. The molecule has 1 saturated heterocycles. The summed E-state index contributed by atoms with van der Waals surface area (Å²) in [5.41, 5.74) is 4.20. The van der Waals surface area contributed by atoms with Crippen molar-refractivity contribution in [3.8, 4) is 0 Å². The van der Waals surface area contributed by atoms with Crippen LogP contribution in [-0.4, -0.2) is 49.5 Å². The topological polar surface area (TPSA) is 61.6 Å². The Bertz CT molecular complexity index is 1090. The number of nitrogens with zero attached hydrogens (tertiary/aromatic N) is 2. The number of rotatable bonds is 5. The van der Waals surface area contributed by atoms with Crippen LogP contribution in [0.2, 0.25) is 10.0 Å². The van der Waals surface area contributed by atoms with Gasteiger partial charge in [-0.05, 0) is 56.6 Å². The average Bonchev–Trinajstić information content (AvgIpc) is 2.78. The summed E-state index contributed by atoms with van der Waals surface area (Å²) < 4.78 is 110. The van der Waals surface area contributed by atoms with Crippen molar-refractivity contribution in [1.82, 2.24) is 10.2 Å². The molecule has 144 valence electrons. The minimum absolute atomic E-state index is 0.0543. The molecule has 5 nitrogen and oxygen atoms in total. The minimum atomic E-state index is -3.57. The number of piperazine rings is 1. The van der Waals surface area contributed by atoms with E-state index in [4.69, 9.17) is 46.8 Å². The van der Waals surface area contributed by atoms with E-state index in [2.05, 4.69) is 5.32 Å². The van der Waals surface area contributed by atoms with Crippen molar-refractivity contribution in [2.45, 2.75) is 38.1 Å². The van der Waals surface area contributed by atoms with Gasteiger partial charge in [-0.2, -0.15) is 0 Å². The monoisotopic (exact) mass is 411 g/mol. The van der Waals surface area contributed by atoms with E-state index in [1.165, 1.54) is 0 Å². The van der Waals surface area contributed by atoms with Gasteiger partial charge in [-0.1, -0.05) is 29.2 Å². The number of benzene rings is 1. The van der Waals surface area contributed by atoms with E-state index in [-0.39, 0.29) is 15.8 Å². The molecule has 3 rings (SSSR count). The molecule has 1 saturated carbocycles. The number of nitrogens with one attached hydrogen (secondary N) is 1. The summed E-state index contributed by atoms with van der Waals surface area (Å²) in [6.07, 6.45) is 1.15. The predicted octanol–water partition coefficient (Wildman–Crippen LogP) is 3.73. The summed E-state index contributed by atoms with van der Waals surface area (Å²) in [5.74, 6) is -0.421. The van der Waals surface area contributed by atoms with Crippen molar-refractivity contribution in [2.24, 2.45) is 11.7 Å². The Morgan fingerprint density at radius 1 is 1.27 bits per heavy atom. The van der Waals surface area contributed by atoms with Crippen LogP contribution in [0.4, 0.5) is 10.5 Å². The van der Waals surface area contributed by atoms with E-state index < -0.39 is 84.7 Å². The molecular weight excluding hydrogens is 371 g/mol. The number of primary amides is 1. The standard InChI is InChI=1S/C19H28Cl2N4O/c20-16-2-1-3-17(18(16)21)25-12-10-24(11-13-25)9-8-14-4-6-15(7-5-14)23-19(22)26/h1-3,14-15H,4-13H2,(H3,22,23,26)/i1D,2D,3D,9D2,10D2,11D2,12D2,13D2. The number of anilines is 1. The molecule has 1 aromatic carbocycles. The van der Waals surface area contributed by atoms with Gasteiger partial charge in [0.15, 0.2) is 0 Å². The second-order valence-corrected chi connectivity index (χ2v) is 6.81. The Labute approximate surface area is 184 Å². The van der Waals surface area contributed by atoms with Crippen LogP contribution in [0.25, 0.3) is 0 Å². The molecule has 0 aromatic heterocycles. The van der Waals surface area contributed by atoms with Crippen LogP contribution < -0.4 is 16.0 Å². The third-order valence-corrected chi connectivity index (χ3v) is 5.00. The lowest BCUT2D eigenvalue weighted by Crippen LogP contribution is -2.47. The number of amides is 2. The lowest BCUT2D eigenvalue weighted by molar-refractivity contribution is 0.207. The highest BCUT2D eigenvalue weighted by molar-refractivity contribution is 6.43. The molecule has 1 aliphatic carbocycles. The Kier molecular flexibility index (Phi) is 3.13. The highest BCUT2D eigenvalue weighted by Crippen LogP contribution is 2.33. The molecule has 0 radical (unpaired) electrons. The SMILES string of the molecule is [2H]c1c([2H])c(Cl)c(Cl)c(N2C([2H])([2H])C([2H])([2H])N(C([2H])([2H])CC3CCC(NC(N)=O)CC3)C([2H])([2H])C2([2H])[2H])c1[2H]. The first-order chi connectivity index (χ1) is 17.5. The molecule has 3 N–H and O–H groups in total. The van der Waals surface area contributed by atoms with Gasteiger partial charge in [0.25, 0.3) is 0 Å². The van der Waals surface area contributed by atoms with Crippen LogP contribution in [0, 0.1) is 5.92 Å². The van der Waals surface area contributed by atoms with Gasteiger partial charge in [0, 0.05) is 40.3 Å². The van der Waals surface area contributed by atoms with Gasteiger partial charge in [-0.3, -0.25) is 4.90 Å². The first-order valence-electron chi connectivity index (χ1n) is 14.6. The first kappa shape index (κ1) is 8.89. The zero-order valence-corrected chi connectivity index (χ0v) is 15.3.